The van der Waals surface area contributed by atoms with E-state index in [0.29, 0.717) is 5.56 Å². The lowest BCUT2D eigenvalue weighted by Gasteiger charge is -2.19. The second kappa shape index (κ2) is 5.53. The predicted octanol–water partition coefficient (Wildman–Crippen LogP) is 4.02. The lowest BCUT2D eigenvalue weighted by Crippen LogP contribution is -2.18. The Hall–Kier alpha value is -1.68. The van der Waals surface area contributed by atoms with E-state index >= 15 is 0 Å². The molecule has 0 aliphatic heterocycles. The van der Waals surface area contributed by atoms with Crippen molar-refractivity contribution in [2.75, 3.05) is 0 Å². The van der Waals surface area contributed by atoms with Crippen LogP contribution in [0.1, 0.15) is 31.7 Å². The summed E-state index contributed by atoms with van der Waals surface area (Å²) in [7, 11) is 0. The lowest BCUT2D eigenvalue weighted by molar-refractivity contribution is -0.384. The Morgan fingerprint density at radius 2 is 2.21 bits per heavy atom. The molecule has 0 amide bonds. The average Bonchev–Trinajstić information content (AvgIpc) is 2.37. The SMILES string of the molecule is C[C@H]1CCC/C(=C\c2ccc(Cl)c([N+](=O)[O-])c2)C1=O. The number of allylic oxidation sites excluding steroid dienone is 1. The van der Waals surface area contributed by atoms with E-state index in [-0.39, 0.29) is 22.4 Å². The summed E-state index contributed by atoms with van der Waals surface area (Å²) in [4.78, 5) is 22.3. The molecule has 19 heavy (non-hydrogen) atoms. The van der Waals surface area contributed by atoms with Crippen LogP contribution >= 0.6 is 11.6 Å². The van der Waals surface area contributed by atoms with E-state index < -0.39 is 4.92 Å². The molecular weight excluding hydrogens is 266 g/mol. The van der Waals surface area contributed by atoms with Crippen LogP contribution in [0, 0.1) is 16.0 Å². The number of carbonyl (C=O) groups excluding carboxylic acids is 1. The van der Waals surface area contributed by atoms with Gasteiger partial charge in [-0.15, -0.1) is 0 Å². The molecule has 0 radical (unpaired) electrons. The van der Waals surface area contributed by atoms with E-state index in [9.17, 15) is 14.9 Å². The van der Waals surface area contributed by atoms with E-state index in [1.807, 2.05) is 6.92 Å². The van der Waals surface area contributed by atoms with Crippen molar-refractivity contribution in [1.82, 2.24) is 0 Å². The van der Waals surface area contributed by atoms with Crippen molar-refractivity contribution in [3.8, 4) is 0 Å². The molecule has 0 heterocycles. The second-order valence-electron chi connectivity index (χ2n) is 4.80. The van der Waals surface area contributed by atoms with Crippen LogP contribution in [-0.4, -0.2) is 10.7 Å². The minimum absolute atomic E-state index is 0.0438. The molecule has 0 unspecified atom stereocenters. The van der Waals surface area contributed by atoms with Gasteiger partial charge in [-0.1, -0.05) is 24.6 Å². The number of hydrogen-bond acceptors (Lipinski definition) is 3. The Balaban J connectivity index is 2.35. The molecule has 0 bridgehead atoms. The van der Waals surface area contributed by atoms with Gasteiger partial charge in [0.25, 0.3) is 5.69 Å². The summed E-state index contributed by atoms with van der Waals surface area (Å²) in [5.74, 6) is 0.186. The number of hydrogen-bond donors (Lipinski definition) is 0. The number of carbonyl (C=O) groups is 1. The van der Waals surface area contributed by atoms with Crippen molar-refractivity contribution in [2.45, 2.75) is 26.2 Å². The Labute approximate surface area is 116 Å². The molecule has 100 valence electrons. The number of nitro benzene ring substituents is 1. The molecule has 2 rings (SSSR count). The summed E-state index contributed by atoms with van der Waals surface area (Å²) >= 11 is 5.76. The molecule has 0 saturated heterocycles. The summed E-state index contributed by atoms with van der Waals surface area (Å²) in [5, 5.41) is 10.9. The Kier molecular flexibility index (Phi) is 4.00. The van der Waals surface area contributed by atoms with Crippen molar-refractivity contribution in [3.63, 3.8) is 0 Å². The fourth-order valence-electron chi connectivity index (χ4n) is 2.27. The maximum Gasteiger partial charge on any atom is 0.288 e. The molecule has 1 aliphatic carbocycles. The number of rotatable bonds is 2. The third-order valence-electron chi connectivity index (χ3n) is 3.36. The first-order valence-corrected chi connectivity index (χ1v) is 6.55. The molecule has 0 aromatic heterocycles. The highest BCUT2D eigenvalue weighted by molar-refractivity contribution is 6.32. The van der Waals surface area contributed by atoms with Crippen LogP contribution in [0.4, 0.5) is 5.69 Å². The standard InChI is InChI=1S/C14H14ClNO3/c1-9-3-2-4-11(14(9)17)7-10-5-6-12(15)13(8-10)16(18)19/h5-9H,2-4H2,1H3/b11-7+/t9-/m0/s1. The van der Waals surface area contributed by atoms with Gasteiger partial charge in [-0.2, -0.15) is 0 Å². The maximum atomic E-state index is 12.0. The Morgan fingerprint density at radius 3 is 2.89 bits per heavy atom. The van der Waals surface area contributed by atoms with Gasteiger partial charge in [0.1, 0.15) is 5.02 Å². The number of halogens is 1. The largest absolute Gasteiger partial charge is 0.294 e. The number of nitro groups is 1. The Bertz CT molecular complexity index is 566. The Morgan fingerprint density at radius 1 is 1.47 bits per heavy atom. The third-order valence-corrected chi connectivity index (χ3v) is 3.67. The van der Waals surface area contributed by atoms with Crippen molar-refractivity contribution in [3.05, 3.63) is 44.5 Å². The van der Waals surface area contributed by atoms with E-state index in [1.54, 1.807) is 12.1 Å². The molecule has 0 N–H and O–H groups in total. The van der Waals surface area contributed by atoms with Gasteiger partial charge in [0, 0.05) is 12.0 Å². The first-order chi connectivity index (χ1) is 8.99. The van der Waals surface area contributed by atoms with Crippen molar-refractivity contribution < 1.29 is 9.72 Å². The molecule has 1 aromatic carbocycles. The minimum Gasteiger partial charge on any atom is -0.294 e. The average molecular weight is 280 g/mol. The number of Topliss-reactive ketones (excluding diaryl/α,β-unsaturated/α-hetero) is 1. The zero-order chi connectivity index (χ0) is 14.0. The summed E-state index contributed by atoms with van der Waals surface area (Å²) in [6, 6.07) is 4.58. The van der Waals surface area contributed by atoms with Gasteiger partial charge in [-0.05, 0) is 42.5 Å². The van der Waals surface area contributed by atoms with E-state index in [0.717, 1.165) is 24.8 Å². The minimum atomic E-state index is -0.518. The van der Waals surface area contributed by atoms with Gasteiger partial charge in [-0.25, -0.2) is 0 Å². The first kappa shape index (κ1) is 13.7. The van der Waals surface area contributed by atoms with E-state index in [2.05, 4.69) is 0 Å². The molecule has 1 aromatic rings. The van der Waals surface area contributed by atoms with Crippen LogP contribution in [0.3, 0.4) is 0 Å². The van der Waals surface area contributed by atoms with Crippen molar-refractivity contribution >= 4 is 29.1 Å². The zero-order valence-corrected chi connectivity index (χ0v) is 11.3. The summed E-state index contributed by atoms with van der Waals surface area (Å²) in [5.41, 5.74) is 1.26. The van der Waals surface area contributed by atoms with Crippen LogP contribution in [-0.2, 0) is 4.79 Å². The van der Waals surface area contributed by atoms with Crippen LogP contribution < -0.4 is 0 Å². The van der Waals surface area contributed by atoms with E-state index in [1.165, 1.54) is 12.1 Å². The number of benzene rings is 1. The van der Waals surface area contributed by atoms with Gasteiger partial charge in [0.2, 0.25) is 0 Å². The molecule has 1 fully saturated rings. The van der Waals surface area contributed by atoms with Gasteiger partial charge >= 0.3 is 0 Å². The normalized spacial score (nSPS) is 21.7. The van der Waals surface area contributed by atoms with Crippen LogP contribution in [0.2, 0.25) is 5.02 Å². The highest BCUT2D eigenvalue weighted by Crippen LogP contribution is 2.29. The zero-order valence-electron chi connectivity index (χ0n) is 10.6. The van der Waals surface area contributed by atoms with E-state index in [4.69, 9.17) is 11.6 Å². The van der Waals surface area contributed by atoms with Gasteiger partial charge in [0.05, 0.1) is 4.92 Å². The van der Waals surface area contributed by atoms with Crippen LogP contribution in [0.15, 0.2) is 23.8 Å². The highest BCUT2D eigenvalue weighted by atomic mass is 35.5. The van der Waals surface area contributed by atoms with Crippen molar-refractivity contribution in [2.24, 2.45) is 5.92 Å². The first-order valence-electron chi connectivity index (χ1n) is 6.18. The summed E-state index contributed by atoms with van der Waals surface area (Å²) in [6.07, 6.45) is 4.37. The molecule has 1 atom stereocenters. The maximum absolute atomic E-state index is 12.0. The molecule has 5 heteroatoms. The monoisotopic (exact) mass is 279 g/mol. The number of nitrogens with zero attached hydrogens (tertiary/aromatic N) is 1. The molecule has 1 aliphatic rings. The fraction of sp³-hybridized carbons (Fsp3) is 0.357. The predicted molar refractivity (Wildman–Crippen MR) is 74.1 cm³/mol. The van der Waals surface area contributed by atoms with Gasteiger partial charge in [0.15, 0.2) is 5.78 Å². The van der Waals surface area contributed by atoms with Crippen LogP contribution in [0.25, 0.3) is 6.08 Å². The topological polar surface area (TPSA) is 60.2 Å². The third kappa shape index (κ3) is 3.01. The molecule has 0 spiro atoms. The highest BCUT2D eigenvalue weighted by Gasteiger charge is 2.22. The van der Waals surface area contributed by atoms with Gasteiger partial charge in [-0.3, -0.25) is 14.9 Å². The molecule has 4 nitrogen and oxygen atoms in total. The van der Waals surface area contributed by atoms with Crippen molar-refractivity contribution in [1.29, 1.82) is 0 Å². The summed E-state index contributed by atoms with van der Waals surface area (Å²) in [6.45, 7) is 1.92. The molecule has 1 saturated carbocycles. The number of ketones is 1. The smallest absolute Gasteiger partial charge is 0.288 e. The van der Waals surface area contributed by atoms with Crippen LogP contribution in [0.5, 0.6) is 0 Å². The quantitative estimate of drug-likeness (QED) is 0.467. The second-order valence-corrected chi connectivity index (χ2v) is 5.20. The van der Waals surface area contributed by atoms with Gasteiger partial charge < -0.3 is 0 Å². The lowest BCUT2D eigenvalue weighted by atomic mass is 9.84. The summed E-state index contributed by atoms with van der Waals surface area (Å²) < 4.78 is 0. The molecular formula is C14H14ClNO3. The fourth-order valence-corrected chi connectivity index (χ4v) is 2.46.